The van der Waals surface area contributed by atoms with Gasteiger partial charge < -0.3 is 16.4 Å². The van der Waals surface area contributed by atoms with Crippen LogP contribution < -0.4 is 16.4 Å². The number of carbonyl (C=O) groups is 2. The number of nitrogens with one attached hydrogen (secondary N) is 2. The van der Waals surface area contributed by atoms with Crippen LogP contribution in [-0.2, 0) is 11.0 Å². The SMILES string of the molecule is CC(C)[C@H](NC(N)=O)C(=O)NCCSc1ncc(C(F)(F)F)cc1Cl. The minimum absolute atomic E-state index is 0.110. The fourth-order valence-corrected chi connectivity index (χ4v) is 2.86. The molecule has 11 heteroatoms. The van der Waals surface area contributed by atoms with E-state index in [0.29, 0.717) is 11.9 Å². The Labute approximate surface area is 152 Å². The summed E-state index contributed by atoms with van der Waals surface area (Å²) in [6.45, 7) is 3.72. The fraction of sp³-hybridized carbons (Fsp3) is 0.500. The van der Waals surface area contributed by atoms with Crippen molar-refractivity contribution in [1.82, 2.24) is 15.6 Å². The van der Waals surface area contributed by atoms with Crippen LogP contribution in [0.4, 0.5) is 18.0 Å². The zero-order valence-corrected chi connectivity index (χ0v) is 15.1. The van der Waals surface area contributed by atoms with Crippen molar-refractivity contribution in [3.05, 3.63) is 22.8 Å². The number of nitrogens with zero attached hydrogens (tertiary/aromatic N) is 1. The van der Waals surface area contributed by atoms with Gasteiger partial charge in [-0.15, -0.1) is 11.8 Å². The van der Waals surface area contributed by atoms with Gasteiger partial charge >= 0.3 is 12.2 Å². The number of urea groups is 1. The molecule has 0 aliphatic heterocycles. The van der Waals surface area contributed by atoms with Crippen molar-refractivity contribution in [2.75, 3.05) is 12.3 Å². The predicted molar refractivity (Wildman–Crippen MR) is 89.3 cm³/mol. The number of nitrogens with two attached hydrogens (primary N) is 1. The Kier molecular flexibility index (Phi) is 7.81. The van der Waals surface area contributed by atoms with Gasteiger partial charge in [0.15, 0.2) is 0 Å². The first-order chi connectivity index (χ1) is 11.5. The quantitative estimate of drug-likeness (QED) is 0.486. The second-order valence-corrected chi connectivity index (χ2v) is 6.87. The van der Waals surface area contributed by atoms with Crippen LogP contribution in [0.25, 0.3) is 0 Å². The normalized spacial score (nSPS) is 12.8. The molecule has 0 spiro atoms. The number of alkyl halides is 3. The maximum atomic E-state index is 12.5. The molecule has 1 rings (SSSR count). The highest BCUT2D eigenvalue weighted by atomic mass is 35.5. The average Bonchev–Trinajstić information content (AvgIpc) is 2.48. The molecule has 0 radical (unpaired) electrons. The Bertz CT molecular complexity index is 629. The highest BCUT2D eigenvalue weighted by Crippen LogP contribution is 2.33. The zero-order chi connectivity index (χ0) is 19.2. The molecular formula is C14H18ClF3N4O2S. The summed E-state index contributed by atoms with van der Waals surface area (Å²) < 4.78 is 37.6. The van der Waals surface area contributed by atoms with E-state index < -0.39 is 29.7 Å². The third-order valence-electron chi connectivity index (χ3n) is 3.02. The largest absolute Gasteiger partial charge is 0.417 e. The van der Waals surface area contributed by atoms with Crippen molar-refractivity contribution in [2.45, 2.75) is 31.1 Å². The van der Waals surface area contributed by atoms with Gasteiger partial charge in [-0.05, 0) is 12.0 Å². The lowest BCUT2D eigenvalue weighted by Gasteiger charge is -2.20. The van der Waals surface area contributed by atoms with Crippen molar-refractivity contribution in [2.24, 2.45) is 11.7 Å². The molecule has 0 saturated carbocycles. The number of hydrogen-bond donors (Lipinski definition) is 3. The predicted octanol–water partition coefficient (Wildman–Crippen LogP) is 2.66. The first-order valence-electron chi connectivity index (χ1n) is 7.21. The molecule has 140 valence electrons. The van der Waals surface area contributed by atoms with Crippen LogP contribution in [0.1, 0.15) is 19.4 Å². The molecule has 1 aromatic rings. The number of carbonyl (C=O) groups excluding carboxylic acids is 2. The second-order valence-electron chi connectivity index (χ2n) is 5.38. The van der Waals surface area contributed by atoms with Gasteiger partial charge in [-0.3, -0.25) is 4.79 Å². The molecule has 1 atom stereocenters. The molecule has 0 aliphatic carbocycles. The van der Waals surface area contributed by atoms with E-state index in [2.05, 4.69) is 15.6 Å². The Morgan fingerprint density at radius 2 is 2.04 bits per heavy atom. The number of aromatic nitrogens is 1. The molecule has 0 bridgehead atoms. The van der Waals surface area contributed by atoms with E-state index in [-0.39, 0.29) is 22.5 Å². The summed E-state index contributed by atoms with van der Waals surface area (Å²) >= 11 is 6.90. The molecular weight excluding hydrogens is 381 g/mol. The highest BCUT2D eigenvalue weighted by Gasteiger charge is 2.31. The summed E-state index contributed by atoms with van der Waals surface area (Å²) in [6.07, 6.45) is -3.80. The van der Waals surface area contributed by atoms with E-state index in [4.69, 9.17) is 17.3 Å². The molecule has 4 N–H and O–H groups in total. The Hall–Kier alpha value is -1.68. The van der Waals surface area contributed by atoms with Gasteiger partial charge in [0.1, 0.15) is 11.1 Å². The summed E-state index contributed by atoms with van der Waals surface area (Å²) in [5.74, 6) is -0.224. The zero-order valence-electron chi connectivity index (χ0n) is 13.5. The summed E-state index contributed by atoms with van der Waals surface area (Å²) in [6, 6.07) is -0.764. The molecule has 0 saturated heterocycles. The maximum Gasteiger partial charge on any atom is 0.417 e. The highest BCUT2D eigenvalue weighted by molar-refractivity contribution is 7.99. The third kappa shape index (κ3) is 6.99. The van der Waals surface area contributed by atoms with Gasteiger partial charge in [0, 0.05) is 18.5 Å². The van der Waals surface area contributed by atoms with Crippen molar-refractivity contribution in [3.63, 3.8) is 0 Å². The van der Waals surface area contributed by atoms with Crippen molar-refractivity contribution in [1.29, 1.82) is 0 Å². The number of rotatable bonds is 7. The number of pyridine rings is 1. The molecule has 3 amide bonds. The minimum atomic E-state index is -4.51. The molecule has 25 heavy (non-hydrogen) atoms. The van der Waals surface area contributed by atoms with Gasteiger partial charge in [0.05, 0.1) is 10.6 Å². The summed E-state index contributed by atoms with van der Waals surface area (Å²) in [7, 11) is 0. The Balaban J connectivity index is 2.52. The summed E-state index contributed by atoms with van der Waals surface area (Å²) in [5.41, 5.74) is 4.10. The van der Waals surface area contributed by atoms with E-state index in [1.807, 2.05) is 0 Å². The molecule has 1 heterocycles. The van der Waals surface area contributed by atoms with Crippen LogP contribution in [-0.4, -0.2) is 35.3 Å². The lowest BCUT2D eigenvalue weighted by Crippen LogP contribution is -2.51. The van der Waals surface area contributed by atoms with Gasteiger partial charge in [-0.2, -0.15) is 13.2 Å². The maximum absolute atomic E-state index is 12.5. The molecule has 0 fully saturated rings. The average molecular weight is 399 g/mol. The monoisotopic (exact) mass is 398 g/mol. The number of halogens is 4. The lowest BCUT2D eigenvalue weighted by molar-refractivity contribution is -0.137. The van der Waals surface area contributed by atoms with Crippen LogP contribution in [0.3, 0.4) is 0 Å². The van der Waals surface area contributed by atoms with E-state index in [1.54, 1.807) is 13.8 Å². The van der Waals surface area contributed by atoms with Crippen LogP contribution >= 0.6 is 23.4 Å². The third-order valence-corrected chi connectivity index (χ3v) is 4.43. The topological polar surface area (TPSA) is 97.1 Å². The first kappa shape index (κ1) is 21.4. The summed E-state index contributed by atoms with van der Waals surface area (Å²) in [5, 5.41) is 5.09. The van der Waals surface area contributed by atoms with Crippen molar-refractivity contribution in [3.8, 4) is 0 Å². The molecule has 1 aromatic heterocycles. The number of amides is 3. The van der Waals surface area contributed by atoms with E-state index >= 15 is 0 Å². The first-order valence-corrected chi connectivity index (χ1v) is 8.58. The standard InChI is InChI=1S/C14H18ClF3N4O2S/c1-7(2)10(22-13(19)24)11(23)20-3-4-25-12-9(15)5-8(6-21-12)14(16,17)18/h5-7,10H,3-4H2,1-2H3,(H,20,23)(H3,19,22,24)/t10-/m0/s1. The van der Waals surface area contributed by atoms with E-state index in [1.165, 1.54) is 0 Å². The van der Waals surface area contributed by atoms with Crippen molar-refractivity contribution < 1.29 is 22.8 Å². The van der Waals surface area contributed by atoms with E-state index in [9.17, 15) is 22.8 Å². The van der Waals surface area contributed by atoms with Crippen LogP contribution in [0.15, 0.2) is 17.3 Å². The van der Waals surface area contributed by atoms with Gasteiger partial charge in [-0.1, -0.05) is 25.4 Å². The number of hydrogen-bond acceptors (Lipinski definition) is 4. The lowest BCUT2D eigenvalue weighted by atomic mass is 10.0. The minimum Gasteiger partial charge on any atom is -0.353 e. The molecule has 0 unspecified atom stereocenters. The number of primary amides is 1. The fourth-order valence-electron chi connectivity index (χ4n) is 1.81. The smallest absolute Gasteiger partial charge is 0.353 e. The van der Waals surface area contributed by atoms with Crippen LogP contribution in [0, 0.1) is 5.92 Å². The molecule has 6 nitrogen and oxygen atoms in total. The number of thioether (sulfide) groups is 1. The molecule has 0 aliphatic rings. The Morgan fingerprint density at radius 3 is 2.52 bits per heavy atom. The Morgan fingerprint density at radius 1 is 1.40 bits per heavy atom. The van der Waals surface area contributed by atoms with Gasteiger partial charge in [0.25, 0.3) is 0 Å². The van der Waals surface area contributed by atoms with Gasteiger partial charge in [-0.25, -0.2) is 9.78 Å². The second kappa shape index (κ2) is 9.14. The van der Waals surface area contributed by atoms with Crippen molar-refractivity contribution >= 4 is 35.3 Å². The summed E-state index contributed by atoms with van der Waals surface area (Å²) in [4.78, 5) is 26.6. The van der Waals surface area contributed by atoms with Crippen LogP contribution in [0.5, 0.6) is 0 Å². The van der Waals surface area contributed by atoms with Gasteiger partial charge in [0.2, 0.25) is 5.91 Å². The van der Waals surface area contributed by atoms with E-state index in [0.717, 1.165) is 17.8 Å². The van der Waals surface area contributed by atoms with Crippen LogP contribution in [0.2, 0.25) is 5.02 Å². The molecule has 0 aromatic carbocycles.